The third-order valence-corrected chi connectivity index (χ3v) is 16.1. The fourth-order valence-corrected chi connectivity index (χ4v) is 10.9. The van der Waals surface area contributed by atoms with E-state index < -0.39 is 12.1 Å². The Labute approximate surface area is 463 Å². The second-order valence-corrected chi connectivity index (χ2v) is 23.5. The van der Waals surface area contributed by atoms with Crippen molar-refractivity contribution in [3.63, 3.8) is 0 Å². The first-order valence-corrected chi connectivity index (χ1v) is 33.9. The largest absolute Gasteiger partial charge is 0.466 e. The molecule has 0 aromatic heterocycles. The quantitative estimate of drug-likeness (QED) is 0.0320. The first kappa shape index (κ1) is 72.6. The first-order chi connectivity index (χ1) is 36.5. The van der Waals surface area contributed by atoms with Gasteiger partial charge in [0.05, 0.1) is 25.4 Å². The highest BCUT2D eigenvalue weighted by atomic mass is 16.5. The zero-order chi connectivity index (χ0) is 53.6. The predicted molar refractivity (Wildman–Crippen MR) is 324 cm³/mol. The van der Waals surface area contributed by atoms with E-state index in [9.17, 15) is 19.8 Å². The Morgan fingerprint density at radius 1 is 0.365 bits per heavy atom. The van der Waals surface area contributed by atoms with Crippen molar-refractivity contribution in [1.29, 1.82) is 0 Å². The fraction of sp³-hybridized carbons (Fsp3) is 0.941. The lowest BCUT2D eigenvalue weighted by atomic mass is 10.0. The topological polar surface area (TPSA) is 95.9 Å². The number of esters is 1. The van der Waals surface area contributed by atoms with E-state index in [-0.39, 0.29) is 18.5 Å². The van der Waals surface area contributed by atoms with E-state index in [0.29, 0.717) is 25.9 Å². The summed E-state index contributed by atoms with van der Waals surface area (Å²) in [7, 11) is 0. The molecule has 0 saturated carbocycles. The van der Waals surface area contributed by atoms with Crippen molar-refractivity contribution in [3.05, 3.63) is 12.2 Å². The van der Waals surface area contributed by atoms with Gasteiger partial charge in [0.2, 0.25) is 5.91 Å². The Morgan fingerprint density at radius 2 is 0.635 bits per heavy atom. The normalized spacial score (nSPS) is 12.5. The highest BCUT2D eigenvalue weighted by Gasteiger charge is 2.20. The number of unbranched alkanes of at least 4 members (excludes halogenated alkanes) is 51. The van der Waals surface area contributed by atoms with Gasteiger partial charge in [0.15, 0.2) is 0 Å². The molecule has 0 aliphatic carbocycles. The number of aliphatic hydroxyl groups excluding tert-OH is 2. The van der Waals surface area contributed by atoms with E-state index in [0.717, 1.165) is 38.5 Å². The van der Waals surface area contributed by atoms with Crippen LogP contribution in [0.25, 0.3) is 0 Å². The van der Waals surface area contributed by atoms with Crippen molar-refractivity contribution in [2.45, 2.75) is 398 Å². The summed E-state index contributed by atoms with van der Waals surface area (Å²) in [6, 6.07) is -0.543. The van der Waals surface area contributed by atoms with Crippen molar-refractivity contribution in [2.75, 3.05) is 13.2 Å². The van der Waals surface area contributed by atoms with E-state index in [2.05, 4.69) is 31.3 Å². The number of carbonyl (C=O) groups is 2. The van der Waals surface area contributed by atoms with Gasteiger partial charge >= 0.3 is 5.97 Å². The zero-order valence-corrected chi connectivity index (χ0v) is 50.4. The van der Waals surface area contributed by atoms with Crippen LogP contribution in [0.3, 0.4) is 0 Å². The smallest absolute Gasteiger partial charge is 0.305 e. The van der Waals surface area contributed by atoms with Crippen LogP contribution in [-0.2, 0) is 14.3 Å². The molecule has 0 spiro atoms. The van der Waals surface area contributed by atoms with Gasteiger partial charge in [-0.3, -0.25) is 9.59 Å². The molecular weight excluding hydrogens is 911 g/mol. The van der Waals surface area contributed by atoms with Crippen LogP contribution in [-0.4, -0.2) is 47.4 Å². The van der Waals surface area contributed by atoms with E-state index >= 15 is 0 Å². The number of allylic oxidation sites excluding steroid dienone is 2. The highest BCUT2D eigenvalue weighted by molar-refractivity contribution is 5.76. The van der Waals surface area contributed by atoms with Crippen LogP contribution in [0.5, 0.6) is 0 Å². The number of carbonyl (C=O) groups excluding carboxylic acids is 2. The molecule has 0 aromatic rings. The molecule has 2 unspecified atom stereocenters. The maximum Gasteiger partial charge on any atom is 0.305 e. The maximum atomic E-state index is 12.5. The standard InChI is InChI=1S/C68H133NO5/c1-3-5-7-9-11-13-15-17-19-20-30-33-36-40-44-48-52-56-60-66(71)65(64-70)69-67(72)61-57-53-49-45-41-37-34-31-28-26-24-22-21-23-25-27-29-32-35-39-43-47-51-55-59-63-74-68(73)62-58-54-50-46-42-38-18-16-14-12-10-8-6-4-2/h22,24,65-66,70-71H,3-21,23,25-64H2,1-2H3,(H,69,72)/b24-22-. The Kier molecular flexibility index (Phi) is 62.9. The predicted octanol–water partition coefficient (Wildman–Crippen LogP) is 21.6. The number of ether oxygens (including phenoxy) is 1. The van der Waals surface area contributed by atoms with Gasteiger partial charge in [0.25, 0.3) is 0 Å². The first-order valence-electron chi connectivity index (χ1n) is 33.9. The summed E-state index contributed by atoms with van der Waals surface area (Å²) in [5.74, 6) is -0.0174. The van der Waals surface area contributed by atoms with Crippen LogP contribution in [0, 0.1) is 0 Å². The SMILES string of the molecule is CCCCCCCCCCCCCCCCCCCCC(O)C(CO)NC(=O)CCCCCCCCCCC/C=C\CCCCCCCCCCCCCCOC(=O)CCCCCCCCCCCCCCCC. The van der Waals surface area contributed by atoms with Crippen molar-refractivity contribution in [3.8, 4) is 0 Å². The van der Waals surface area contributed by atoms with Gasteiger partial charge in [-0.1, -0.05) is 334 Å². The van der Waals surface area contributed by atoms with E-state index in [1.165, 1.54) is 315 Å². The van der Waals surface area contributed by atoms with Crippen molar-refractivity contribution in [1.82, 2.24) is 5.32 Å². The highest BCUT2D eigenvalue weighted by Crippen LogP contribution is 2.19. The van der Waals surface area contributed by atoms with Crippen LogP contribution in [0.1, 0.15) is 386 Å². The van der Waals surface area contributed by atoms with Crippen LogP contribution in [0.4, 0.5) is 0 Å². The molecular formula is C68H133NO5. The lowest BCUT2D eigenvalue weighted by Crippen LogP contribution is -2.45. The van der Waals surface area contributed by atoms with Crippen LogP contribution in [0.15, 0.2) is 12.2 Å². The average molecular weight is 1040 g/mol. The molecule has 3 N–H and O–H groups in total. The minimum absolute atomic E-state index is 0.0167. The minimum Gasteiger partial charge on any atom is -0.466 e. The zero-order valence-electron chi connectivity index (χ0n) is 50.4. The monoisotopic (exact) mass is 1040 g/mol. The number of nitrogens with one attached hydrogen (secondary N) is 1. The van der Waals surface area contributed by atoms with Crippen molar-refractivity contribution < 1.29 is 24.5 Å². The third kappa shape index (κ3) is 59.8. The second kappa shape index (κ2) is 64.1. The van der Waals surface area contributed by atoms with Crippen LogP contribution < -0.4 is 5.32 Å². The van der Waals surface area contributed by atoms with Gasteiger partial charge in [-0.25, -0.2) is 0 Å². The summed E-state index contributed by atoms with van der Waals surface area (Å²) in [6.07, 6.45) is 78.1. The number of hydrogen-bond acceptors (Lipinski definition) is 5. The minimum atomic E-state index is -0.666. The van der Waals surface area contributed by atoms with E-state index in [4.69, 9.17) is 4.74 Å². The van der Waals surface area contributed by atoms with Crippen LogP contribution >= 0.6 is 0 Å². The molecule has 0 heterocycles. The third-order valence-electron chi connectivity index (χ3n) is 16.1. The Hall–Kier alpha value is -1.40. The van der Waals surface area contributed by atoms with Gasteiger partial charge in [-0.2, -0.15) is 0 Å². The molecule has 0 radical (unpaired) electrons. The molecule has 0 aromatic carbocycles. The van der Waals surface area contributed by atoms with E-state index in [1.54, 1.807) is 0 Å². The van der Waals surface area contributed by atoms with E-state index in [1.807, 2.05) is 0 Å². The Balaban J connectivity index is 3.38. The lowest BCUT2D eigenvalue weighted by molar-refractivity contribution is -0.143. The van der Waals surface area contributed by atoms with Gasteiger partial charge in [-0.05, 0) is 51.4 Å². The number of hydrogen-bond donors (Lipinski definition) is 3. The van der Waals surface area contributed by atoms with Crippen LogP contribution in [0.2, 0.25) is 0 Å². The summed E-state index contributed by atoms with van der Waals surface area (Å²) in [5, 5.41) is 23.4. The lowest BCUT2D eigenvalue weighted by Gasteiger charge is -2.22. The Morgan fingerprint density at radius 3 is 0.959 bits per heavy atom. The molecule has 74 heavy (non-hydrogen) atoms. The van der Waals surface area contributed by atoms with Gasteiger partial charge in [0.1, 0.15) is 0 Å². The number of aliphatic hydroxyl groups is 2. The molecule has 440 valence electrons. The van der Waals surface area contributed by atoms with Gasteiger partial charge in [0, 0.05) is 12.8 Å². The second-order valence-electron chi connectivity index (χ2n) is 23.5. The van der Waals surface area contributed by atoms with Crippen molar-refractivity contribution in [2.24, 2.45) is 0 Å². The van der Waals surface area contributed by atoms with Gasteiger partial charge in [-0.15, -0.1) is 0 Å². The molecule has 0 fully saturated rings. The molecule has 0 bridgehead atoms. The summed E-state index contributed by atoms with van der Waals surface area (Å²) in [4.78, 5) is 24.6. The fourth-order valence-electron chi connectivity index (χ4n) is 10.9. The molecule has 0 aliphatic rings. The molecule has 0 rings (SSSR count). The summed E-state index contributed by atoms with van der Waals surface area (Å²) in [6.45, 7) is 4.99. The summed E-state index contributed by atoms with van der Waals surface area (Å²) < 4.78 is 5.49. The van der Waals surface area contributed by atoms with Crippen molar-refractivity contribution >= 4 is 11.9 Å². The Bertz CT molecular complexity index is 1110. The average Bonchev–Trinajstić information content (AvgIpc) is 3.40. The summed E-state index contributed by atoms with van der Waals surface area (Å²) >= 11 is 0. The number of amides is 1. The summed E-state index contributed by atoms with van der Waals surface area (Å²) in [5.41, 5.74) is 0. The molecule has 0 aliphatic heterocycles. The molecule has 1 amide bonds. The molecule has 6 heteroatoms. The van der Waals surface area contributed by atoms with Gasteiger partial charge < -0.3 is 20.3 Å². The molecule has 0 saturated heterocycles. The maximum absolute atomic E-state index is 12.5. The number of rotatable bonds is 64. The molecule has 2 atom stereocenters. The molecule has 6 nitrogen and oxygen atoms in total.